The lowest BCUT2D eigenvalue weighted by Gasteiger charge is -2.27. The van der Waals surface area contributed by atoms with Crippen molar-refractivity contribution in [3.05, 3.63) is 34.3 Å². The first kappa shape index (κ1) is 17.0. The van der Waals surface area contributed by atoms with Crippen LogP contribution in [0.25, 0.3) is 0 Å². The van der Waals surface area contributed by atoms with E-state index >= 15 is 0 Å². The van der Waals surface area contributed by atoms with Crippen molar-refractivity contribution in [2.24, 2.45) is 5.92 Å². The normalized spacial score (nSPS) is 19.3. The van der Waals surface area contributed by atoms with Crippen molar-refractivity contribution in [1.29, 1.82) is 0 Å². The zero-order valence-corrected chi connectivity index (χ0v) is 14.9. The highest BCUT2D eigenvalue weighted by atomic mass is 79.9. The fourth-order valence-electron chi connectivity index (χ4n) is 2.85. The van der Waals surface area contributed by atoms with Gasteiger partial charge in [-0.3, -0.25) is 9.59 Å². The van der Waals surface area contributed by atoms with Gasteiger partial charge in [-0.25, -0.2) is 0 Å². The Balaban J connectivity index is 2.05. The van der Waals surface area contributed by atoms with E-state index in [0.717, 1.165) is 22.9 Å². The maximum Gasteiger partial charge on any atom is 0.243 e. The third kappa shape index (κ3) is 3.69. The molecule has 0 radical (unpaired) electrons. The van der Waals surface area contributed by atoms with Gasteiger partial charge in [0.2, 0.25) is 11.8 Å². The van der Waals surface area contributed by atoms with Crippen LogP contribution in [0.2, 0.25) is 0 Å². The van der Waals surface area contributed by atoms with E-state index in [4.69, 9.17) is 0 Å². The lowest BCUT2D eigenvalue weighted by molar-refractivity contribution is -0.141. The third-order valence-electron chi connectivity index (χ3n) is 4.06. The van der Waals surface area contributed by atoms with E-state index in [-0.39, 0.29) is 29.8 Å². The van der Waals surface area contributed by atoms with Crippen LogP contribution >= 0.6 is 15.9 Å². The van der Waals surface area contributed by atoms with Crippen LogP contribution in [0.1, 0.15) is 45.2 Å². The molecule has 2 amide bonds. The molecule has 1 aromatic rings. The molecule has 0 bridgehead atoms. The number of carbonyl (C=O) groups excluding carboxylic acids is 2. The SMILES string of the molecule is CC(C)C(=O)N1CCCC1C(=O)NC(C)c1ccccc1Br. The summed E-state index contributed by atoms with van der Waals surface area (Å²) in [5.41, 5.74) is 1.04. The molecule has 4 nitrogen and oxygen atoms in total. The van der Waals surface area contributed by atoms with E-state index in [1.807, 2.05) is 45.0 Å². The minimum Gasteiger partial charge on any atom is -0.348 e. The molecule has 0 spiro atoms. The molecule has 1 aliphatic rings. The van der Waals surface area contributed by atoms with Crippen LogP contribution in [-0.4, -0.2) is 29.3 Å². The van der Waals surface area contributed by atoms with E-state index in [2.05, 4.69) is 21.2 Å². The Labute approximate surface area is 140 Å². The van der Waals surface area contributed by atoms with Crippen LogP contribution in [0.15, 0.2) is 28.7 Å². The summed E-state index contributed by atoms with van der Waals surface area (Å²) in [6, 6.07) is 7.41. The fraction of sp³-hybridized carbons (Fsp3) is 0.529. The Morgan fingerprint density at radius 3 is 2.59 bits per heavy atom. The van der Waals surface area contributed by atoms with E-state index in [1.54, 1.807) is 4.90 Å². The molecule has 2 unspecified atom stereocenters. The molecule has 1 aromatic carbocycles. The largest absolute Gasteiger partial charge is 0.348 e. The van der Waals surface area contributed by atoms with Gasteiger partial charge in [-0.1, -0.05) is 48.0 Å². The smallest absolute Gasteiger partial charge is 0.243 e. The summed E-state index contributed by atoms with van der Waals surface area (Å²) in [7, 11) is 0. The average Bonchev–Trinajstić information content (AvgIpc) is 2.96. The molecule has 120 valence electrons. The first-order valence-electron chi connectivity index (χ1n) is 7.77. The molecule has 0 aliphatic carbocycles. The summed E-state index contributed by atoms with van der Waals surface area (Å²) >= 11 is 3.51. The van der Waals surface area contributed by atoms with Crippen LogP contribution in [0, 0.1) is 5.92 Å². The van der Waals surface area contributed by atoms with Crippen molar-refractivity contribution < 1.29 is 9.59 Å². The highest BCUT2D eigenvalue weighted by Crippen LogP contribution is 2.25. The van der Waals surface area contributed by atoms with Crippen LogP contribution in [0.4, 0.5) is 0 Å². The first-order chi connectivity index (χ1) is 10.4. The van der Waals surface area contributed by atoms with E-state index in [1.165, 1.54) is 0 Å². The van der Waals surface area contributed by atoms with E-state index in [0.29, 0.717) is 6.54 Å². The van der Waals surface area contributed by atoms with Gasteiger partial charge in [-0.05, 0) is 31.4 Å². The van der Waals surface area contributed by atoms with Crippen molar-refractivity contribution >= 4 is 27.7 Å². The molecule has 1 saturated heterocycles. The van der Waals surface area contributed by atoms with Crippen molar-refractivity contribution in [2.45, 2.75) is 45.7 Å². The monoisotopic (exact) mass is 366 g/mol. The number of likely N-dealkylation sites (tertiary alicyclic amines) is 1. The number of nitrogens with one attached hydrogen (secondary N) is 1. The zero-order chi connectivity index (χ0) is 16.3. The number of amides is 2. The van der Waals surface area contributed by atoms with Gasteiger partial charge in [-0.2, -0.15) is 0 Å². The Morgan fingerprint density at radius 1 is 1.27 bits per heavy atom. The Morgan fingerprint density at radius 2 is 1.95 bits per heavy atom. The lowest BCUT2D eigenvalue weighted by Crippen LogP contribution is -2.47. The zero-order valence-electron chi connectivity index (χ0n) is 13.3. The van der Waals surface area contributed by atoms with Crippen molar-refractivity contribution in [3.63, 3.8) is 0 Å². The van der Waals surface area contributed by atoms with Gasteiger partial charge in [0.15, 0.2) is 0 Å². The van der Waals surface area contributed by atoms with Crippen molar-refractivity contribution in [1.82, 2.24) is 10.2 Å². The maximum absolute atomic E-state index is 12.6. The number of hydrogen-bond donors (Lipinski definition) is 1. The molecule has 0 saturated carbocycles. The van der Waals surface area contributed by atoms with Gasteiger partial charge >= 0.3 is 0 Å². The summed E-state index contributed by atoms with van der Waals surface area (Å²) in [4.78, 5) is 26.5. The van der Waals surface area contributed by atoms with E-state index in [9.17, 15) is 9.59 Å². The third-order valence-corrected chi connectivity index (χ3v) is 4.79. The second-order valence-electron chi connectivity index (χ2n) is 6.10. The molecule has 2 rings (SSSR count). The summed E-state index contributed by atoms with van der Waals surface area (Å²) in [6.45, 7) is 6.39. The summed E-state index contributed by atoms with van der Waals surface area (Å²) in [5.74, 6) is -0.0740. The molecular formula is C17H23BrN2O2. The minimum absolute atomic E-state index is 0.0604. The number of nitrogens with zero attached hydrogens (tertiary/aromatic N) is 1. The number of halogens is 1. The quantitative estimate of drug-likeness (QED) is 0.888. The summed E-state index contributed by atoms with van der Waals surface area (Å²) in [6.07, 6.45) is 1.63. The highest BCUT2D eigenvalue weighted by Gasteiger charge is 2.35. The van der Waals surface area contributed by atoms with Crippen LogP contribution in [0.5, 0.6) is 0 Å². The molecule has 2 atom stereocenters. The Hall–Kier alpha value is -1.36. The molecule has 1 aliphatic heterocycles. The number of carbonyl (C=O) groups is 2. The van der Waals surface area contributed by atoms with Crippen LogP contribution < -0.4 is 5.32 Å². The van der Waals surface area contributed by atoms with Crippen molar-refractivity contribution in [3.8, 4) is 0 Å². The number of hydrogen-bond acceptors (Lipinski definition) is 2. The molecular weight excluding hydrogens is 344 g/mol. The van der Waals surface area contributed by atoms with Gasteiger partial charge in [0.25, 0.3) is 0 Å². The maximum atomic E-state index is 12.6. The average molecular weight is 367 g/mol. The molecule has 1 fully saturated rings. The molecule has 0 aromatic heterocycles. The minimum atomic E-state index is -0.333. The van der Waals surface area contributed by atoms with Crippen LogP contribution in [-0.2, 0) is 9.59 Å². The lowest BCUT2D eigenvalue weighted by atomic mass is 10.1. The summed E-state index contributed by atoms with van der Waals surface area (Å²) < 4.78 is 0.976. The fourth-order valence-corrected chi connectivity index (χ4v) is 3.48. The first-order valence-corrected chi connectivity index (χ1v) is 8.56. The Bertz CT molecular complexity index is 559. The van der Waals surface area contributed by atoms with E-state index < -0.39 is 0 Å². The van der Waals surface area contributed by atoms with Gasteiger partial charge in [0.05, 0.1) is 6.04 Å². The highest BCUT2D eigenvalue weighted by molar-refractivity contribution is 9.10. The van der Waals surface area contributed by atoms with Crippen LogP contribution in [0.3, 0.4) is 0 Å². The number of benzene rings is 1. The van der Waals surface area contributed by atoms with Gasteiger partial charge in [-0.15, -0.1) is 0 Å². The second kappa shape index (κ2) is 7.27. The predicted octanol–water partition coefficient (Wildman–Crippen LogP) is 3.27. The molecule has 5 heteroatoms. The Kier molecular flexibility index (Phi) is 5.62. The molecule has 22 heavy (non-hydrogen) atoms. The van der Waals surface area contributed by atoms with Gasteiger partial charge in [0, 0.05) is 16.9 Å². The predicted molar refractivity (Wildman–Crippen MR) is 90.3 cm³/mol. The summed E-state index contributed by atoms with van der Waals surface area (Å²) in [5, 5.41) is 3.04. The topological polar surface area (TPSA) is 49.4 Å². The second-order valence-corrected chi connectivity index (χ2v) is 6.95. The van der Waals surface area contributed by atoms with Gasteiger partial charge < -0.3 is 10.2 Å². The van der Waals surface area contributed by atoms with Crippen molar-refractivity contribution in [2.75, 3.05) is 6.54 Å². The molecule has 1 N–H and O–H groups in total. The standard InChI is InChI=1S/C17H23BrN2O2/c1-11(2)17(22)20-10-6-9-15(20)16(21)19-12(3)13-7-4-5-8-14(13)18/h4-5,7-8,11-12,15H,6,9-10H2,1-3H3,(H,19,21). The number of rotatable bonds is 4. The van der Waals surface area contributed by atoms with Gasteiger partial charge in [0.1, 0.15) is 6.04 Å². The molecule has 1 heterocycles.